The Bertz CT molecular complexity index is 368. The molecule has 0 aromatic heterocycles. The van der Waals surface area contributed by atoms with Crippen molar-refractivity contribution in [3.05, 3.63) is 30.3 Å². The van der Waals surface area contributed by atoms with E-state index in [1.807, 2.05) is 31.9 Å². The monoisotopic (exact) mass is 280 g/mol. The van der Waals surface area contributed by atoms with Crippen molar-refractivity contribution < 1.29 is 4.79 Å². The Labute approximate surface area is 121 Å². The summed E-state index contributed by atoms with van der Waals surface area (Å²) >= 11 is 1.84. The molecular formula is C15H24N2OS. The third-order valence-corrected chi connectivity index (χ3v) is 3.81. The van der Waals surface area contributed by atoms with Gasteiger partial charge in [0.25, 0.3) is 0 Å². The summed E-state index contributed by atoms with van der Waals surface area (Å²) in [6.07, 6.45) is 1.08. The van der Waals surface area contributed by atoms with Crippen LogP contribution < -0.4 is 0 Å². The highest BCUT2D eigenvalue weighted by atomic mass is 32.2. The highest BCUT2D eigenvalue weighted by Gasteiger charge is 2.11. The lowest BCUT2D eigenvalue weighted by Gasteiger charge is -2.22. The van der Waals surface area contributed by atoms with Crippen molar-refractivity contribution in [1.29, 1.82) is 0 Å². The molecule has 0 N–H and O–H groups in total. The number of carbonyl (C=O) groups is 1. The SMILES string of the molecule is CCCN(CCSc1ccccc1)CC(=O)N(C)C. The van der Waals surface area contributed by atoms with Crippen LogP contribution in [0.15, 0.2) is 35.2 Å². The van der Waals surface area contributed by atoms with Crippen molar-refractivity contribution in [3.8, 4) is 0 Å². The van der Waals surface area contributed by atoms with Crippen LogP contribution in [-0.4, -0.2) is 55.2 Å². The van der Waals surface area contributed by atoms with Gasteiger partial charge in [0.1, 0.15) is 0 Å². The smallest absolute Gasteiger partial charge is 0.236 e. The molecule has 1 aromatic rings. The average molecular weight is 280 g/mol. The molecule has 19 heavy (non-hydrogen) atoms. The summed E-state index contributed by atoms with van der Waals surface area (Å²) in [6, 6.07) is 10.4. The van der Waals surface area contributed by atoms with Crippen LogP contribution in [0.2, 0.25) is 0 Å². The Balaban J connectivity index is 2.35. The van der Waals surface area contributed by atoms with Gasteiger partial charge in [-0.25, -0.2) is 0 Å². The van der Waals surface area contributed by atoms with Gasteiger partial charge in [-0.05, 0) is 25.1 Å². The maximum absolute atomic E-state index is 11.7. The molecule has 3 nitrogen and oxygen atoms in total. The molecule has 1 amide bonds. The molecule has 0 unspecified atom stereocenters. The van der Waals surface area contributed by atoms with E-state index in [-0.39, 0.29) is 5.91 Å². The molecule has 0 aliphatic heterocycles. The van der Waals surface area contributed by atoms with Gasteiger partial charge in [-0.1, -0.05) is 25.1 Å². The number of benzene rings is 1. The summed E-state index contributed by atoms with van der Waals surface area (Å²) in [5.41, 5.74) is 0. The van der Waals surface area contributed by atoms with Crippen LogP contribution >= 0.6 is 11.8 Å². The Morgan fingerprint density at radius 1 is 1.16 bits per heavy atom. The van der Waals surface area contributed by atoms with Gasteiger partial charge in [-0.3, -0.25) is 9.69 Å². The first-order chi connectivity index (χ1) is 9.13. The van der Waals surface area contributed by atoms with Gasteiger partial charge in [0.2, 0.25) is 5.91 Å². The summed E-state index contributed by atoms with van der Waals surface area (Å²) in [6.45, 7) is 4.61. The van der Waals surface area contributed by atoms with Crippen molar-refractivity contribution >= 4 is 17.7 Å². The van der Waals surface area contributed by atoms with E-state index >= 15 is 0 Å². The van der Waals surface area contributed by atoms with E-state index in [1.54, 1.807) is 4.90 Å². The second-order valence-electron chi connectivity index (χ2n) is 4.73. The highest BCUT2D eigenvalue weighted by Crippen LogP contribution is 2.16. The first kappa shape index (κ1) is 16.1. The largest absolute Gasteiger partial charge is 0.348 e. The van der Waals surface area contributed by atoms with Crippen LogP contribution in [0.1, 0.15) is 13.3 Å². The van der Waals surface area contributed by atoms with E-state index in [1.165, 1.54) is 4.90 Å². The number of hydrogen-bond acceptors (Lipinski definition) is 3. The van der Waals surface area contributed by atoms with Crippen molar-refractivity contribution in [2.75, 3.05) is 39.5 Å². The lowest BCUT2D eigenvalue weighted by molar-refractivity contribution is -0.129. The minimum atomic E-state index is 0.179. The lowest BCUT2D eigenvalue weighted by Crippen LogP contribution is -2.38. The Hall–Kier alpha value is -1.00. The van der Waals surface area contributed by atoms with Crippen LogP contribution in [0.5, 0.6) is 0 Å². The molecule has 0 spiro atoms. The molecule has 1 aromatic carbocycles. The topological polar surface area (TPSA) is 23.6 Å². The number of likely N-dealkylation sites (N-methyl/N-ethyl adjacent to an activating group) is 1. The minimum absolute atomic E-state index is 0.179. The number of nitrogens with zero attached hydrogens (tertiary/aromatic N) is 2. The maximum Gasteiger partial charge on any atom is 0.236 e. The molecule has 0 aliphatic carbocycles. The van der Waals surface area contributed by atoms with Gasteiger partial charge in [0.05, 0.1) is 6.54 Å². The van der Waals surface area contributed by atoms with Crippen LogP contribution in [-0.2, 0) is 4.79 Å². The van der Waals surface area contributed by atoms with Gasteiger partial charge in [-0.15, -0.1) is 11.8 Å². The lowest BCUT2D eigenvalue weighted by atomic mass is 10.4. The van der Waals surface area contributed by atoms with Crippen molar-refractivity contribution in [2.45, 2.75) is 18.2 Å². The standard InChI is InChI=1S/C15H24N2OS/c1-4-10-17(13-15(18)16(2)3)11-12-19-14-8-6-5-7-9-14/h5-9H,4,10-13H2,1-3H3. The molecule has 0 fully saturated rings. The predicted molar refractivity (Wildman–Crippen MR) is 82.6 cm³/mol. The minimum Gasteiger partial charge on any atom is -0.348 e. The summed E-state index contributed by atoms with van der Waals surface area (Å²) in [4.78, 5) is 16.9. The van der Waals surface area contributed by atoms with E-state index in [2.05, 4.69) is 36.1 Å². The molecule has 0 saturated heterocycles. The van der Waals surface area contributed by atoms with Gasteiger partial charge in [-0.2, -0.15) is 0 Å². The number of thioether (sulfide) groups is 1. The third-order valence-electron chi connectivity index (χ3n) is 2.82. The number of carbonyl (C=O) groups excluding carboxylic acids is 1. The summed E-state index contributed by atoms with van der Waals surface area (Å²) in [5, 5.41) is 0. The fourth-order valence-electron chi connectivity index (χ4n) is 1.73. The van der Waals surface area contributed by atoms with Crippen LogP contribution in [0, 0.1) is 0 Å². The Morgan fingerprint density at radius 3 is 2.42 bits per heavy atom. The third kappa shape index (κ3) is 6.64. The first-order valence-corrected chi connectivity index (χ1v) is 7.72. The zero-order valence-electron chi connectivity index (χ0n) is 12.1. The molecule has 0 saturated carbocycles. The molecule has 0 atom stereocenters. The quantitative estimate of drug-likeness (QED) is 0.684. The number of rotatable bonds is 8. The second-order valence-corrected chi connectivity index (χ2v) is 5.89. The van der Waals surface area contributed by atoms with E-state index in [4.69, 9.17) is 0 Å². The Kier molecular flexibility index (Phi) is 7.60. The van der Waals surface area contributed by atoms with E-state index in [9.17, 15) is 4.79 Å². The van der Waals surface area contributed by atoms with Gasteiger partial charge in [0.15, 0.2) is 0 Å². The number of amides is 1. The van der Waals surface area contributed by atoms with Gasteiger partial charge in [0, 0.05) is 31.3 Å². The van der Waals surface area contributed by atoms with Crippen LogP contribution in [0.3, 0.4) is 0 Å². The molecule has 106 valence electrons. The molecule has 0 radical (unpaired) electrons. The average Bonchev–Trinajstić information content (AvgIpc) is 2.40. The fraction of sp³-hybridized carbons (Fsp3) is 0.533. The van der Waals surface area contributed by atoms with Crippen LogP contribution in [0.25, 0.3) is 0 Å². The summed E-state index contributed by atoms with van der Waals surface area (Å²) in [5.74, 6) is 1.20. The van der Waals surface area contributed by atoms with Crippen molar-refractivity contribution in [2.24, 2.45) is 0 Å². The van der Waals surface area contributed by atoms with Gasteiger partial charge >= 0.3 is 0 Å². The summed E-state index contributed by atoms with van der Waals surface area (Å²) in [7, 11) is 3.62. The first-order valence-electron chi connectivity index (χ1n) is 6.73. The number of hydrogen-bond donors (Lipinski definition) is 0. The van der Waals surface area contributed by atoms with E-state index < -0.39 is 0 Å². The fourth-order valence-corrected chi connectivity index (χ4v) is 2.66. The Morgan fingerprint density at radius 2 is 1.84 bits per heavy atom. The maximum atomic E-state index is 11.7. The molecule has 4 heteroatoms. The van der Waals surface area contributed by atoms with Gasteiger partial charge < -0.3 is 4.90 Å². The highest BCUT2D eigenvalue weighted by molar-refractivity contribution is 7.99. The molecule has 0 heterocycles. The van der Waals surface area contributed by atoms with Crippen molar-refractivity contribution in [1.82, 2.24) is 9.80 Å². The zero-order valence-corrected chi connectivity index (χ0v) is 12.9. The molecule has 1 rings (SSSR count). The van der Waals surface area contributed by atoms with E-state index in [0.717, 1.165) is 25.3 Å². The normalized spacial score (nSPS) is 10.7. The molecule has 0 aliphatic rings. The van der Waals surface area contributed by atoms with E-state index in [0.29, 0.717) is 6.54 Å². The predicted octanol–water partition coefficient (Wildman–Crippen LogP) is 2.58. The second kappa shape index (κ2) is 8.99. The zero-order chi connectivity index (χ0) is 14.1. The molecular weight excluding hydrogens is 256 g/mol. The van der Waals surface area contributed by atoms with Crippen molar-refractivity contribution in [3.63, 3.8) is 0 Å². The van der Waals surface area contributed by atoms with Crippen LogP contribution in [0.4, 0.5) is 0 Å². The summed E-state index contributed by atoms with van der Waals surface area (Å²) < 4.78 is 0. The molecule has 0 bridgehead atoms.